The van der Waals surface area contributed by atoms with Crippen molar-refractivity contribution in [1.29, 1.82) is 0 Å². The molecule has 1 heterocycles. The highest BCUT2D eigenvalue weighted by Gasteiger charge is 2.19. The Morgan fingerprint density at radius 1 is 1.43 bits per heavy atom. The number of likely N-dealkylation sites (N-methyl/N-ethyl adjacent to an activating group) is 1. The molecular formula is C16H20FN3O2S. The van der Waals surface area contributed by atoms with Crippen LogP contribution in [0.1, 0.15) is 12.0 Å². The van der Waals surface area contributed by atoms with Crippen molar-refractivity contribution < 1.29 is 14.3 Å². The normalized spacial score (nSPS) is 12.2. The Morgan fingerprint density at radius 2 is 2.13 bits per heavy atom. The lowest BCUT2D eigenvalue weighted by molar-refractivity contribution is -0.139. The standard InChI is InChI=1S/C16H20FN3O2S/c1-19(16(22)15(21)7-8-23-2)10-12-9-18-20(11-12)14-5-3-13(17)4-6-14/h3-6,9,11,15,21H,7-8,10H2,1-2H3/t15-/m1/s1. The van der Waals surface area contributed by atoms with Gasteiger partial charge in [-0.25, -0.2) is 9.07 Å². The number of aromatic nitrogens is 2. The number of rotatable bonds is 7. The fourth-order valence-corrected chi connectivity index (χ4v) is 2.59. The van der Waals surface area contributed by atoms with Crippen LogP contribution in [-0.4, -0.2) is 50.9 Å². The Kier molecular flexibility index (Phi) is 6.18. The summed E-state index contributed by atoms with van der Waals surface area (Å²) in [4.78, 5) is 13.5. The molecule has 0 saturated carbocycles. The molecule has 1 N–H and O–H groups in total. The van der Waals surface area contributed by atoms with E-state index >= 15 is 0 Å². The van der Waals surface area contributed by atoms with Gasteiger partial charge in [0.2, 0.25) is 0 Å². The van der Waals surface area contributed by atoms with E-state index in [2.05, 4.69) is 5.10 Å². The molecule has 0 saturated heterocycles. The van der Waals surface area contributed by atoms with Gasteiger partial charge < -0.3 is 10.0 Å². The minimum absolute atomic E-state index is 0.298. The van der Waals surface area contributed by atoms with Gasteiger partial charge in [0.25, 0.3) is 5.91 Å². The van der Waals surface area contributed by atoms with Crippen molar-refractivity contribution in [2.24, 2.45) is 0 Å². The van der Waals surface area contributed by atoms with Gasteiger partial charge in [-0.05, 0) is 42.7 Å². The third-order valence-corrected chi connectivity index (χ3v) is 4.05. The Labute approximate surface area is 139 Å². The van der Waals surface area contributed by atoms with Gasteiger partial charge in [0.15, 0.2) is 0 Å². The number of aliphatic hydroxyl groups is 1. The van der Waals surface area contributed by atoms with E-state index in [0.29, 0.717) is 13.0 Å². The molecule has 5 nitrogen and oxygen atoms in total. The molecule has 1 aromatic carbocycles. The zero-order valence-corrected chi connectivity index (χ0v) is 14.0. The van der Waals surface area contributed by atoms with Gasteiger partial charge >= 0.3 is 0 Å². The summed E-state index contributed by atoms with van der Waals surface area (Å²) in [7, 11) is 1.65. The molecule has 0 unspecified atom stereocenters. The van der Waals surface area contributed by atoms with E-state index in [1.165, 1.54) is 17.0 Å². The number of benzene rings is 1. The number of carbonyl (C=O) groups is 1. The van der Waals surface area contributed by atoms with Gasteiger partial charge in [-0.2, -0.15) is 16.9 Å². The number of hydrogen-bond acceptors (Lipinski definition) is 4. The van der Waals surface area contributed by atoms with E-state index in [-0.39, 0.29) is 11.7 Å². The maximum atomic E-state index is 12.9. The molecule has 1 amide bonds. The average molecular weight is 337 g/mol. The van der Waals surface area contributed by atoms with Crippen LogP contribution in [-0.2, 0) is 11.3 Å². The Hall–Kier alpha value is -1.86. The summed E-state index contributed by atoms with van der Waals surface area (Å²) in [5.74, 6) is 0.141. The molecular weight excluding hydrogens is 317 g/mol. The Balaban J connectivity index is 1.98. The number of halogens is 1. The number of thioether (sulfide) groups is 1. The van der Waals surface area contributed by atoms with Crippen LogP contribution < -0.4 is 0 Å². The van der Waals surface area contributed by atoms with Crippen molar-refractivity contribution in [2.45, 2.75) is 19.1 Å². The lowest BCUT2D eigenvalue weighted by atomic mass is 10.2. The molecule has 0 aliphatic carbocycles. The monoisotopic (exact) mass is 337 g/mol. The molecule has 1 aromatic heterocycles. The Morgan fingerprint density at radius 3 is 2.78 bits per heavy atom. The van der Waals surface area contributed by atoms with Gasteiger partial charge in [-0.1, -0.05) is 0 Å². The molecule has 0 aliphatic heterocycles. The predicted molar refractivity (Wildman–Crippen MR) is 89.0 cm³/mol. The highest BCUT2D eigenvalue weighted by atomic mass is 32.2. The number of hydrogen-bond donors (Lipinski definition) is 1. The molecule has 1 atom stereocenters. The molecule has 2 rings (SSSR count). The summed E-state index contributed by atoms with van der Waals surface area (Å²) in [6, 6.07) is 6.00. The first-order valence-corrected chi connectivity index (χ1v) is 8.62. The van der Waals surface area contributed by atoms with Crippen LogP contribution >= 0.6 is 11.8 Å². The maximum Gasteiger partial charge on any atom is 0.251 e. The quantitative estimate of drug-likeness (QED) is 0.840. The van der Waals surface area contributed by atoms with Crippen LogP contribution in [0.2, 0.25) is 0 Å². The molecule has 0 bridgehead atoms. The molecule has 2 aromatic rings. The fraction of sp³-hybridized carbons (Fsp3) is 0.375. The molecule has 23 heavy (non-hydrogen) atoms. The van der Waals surface area contributed by atoms with E-state index in [9.17, 15) is 14.3 Å². The van der Waals surface area contributed by atoms with Crippen molar-refractivity contribution >= 4 is 17.7 Å². The van der Waals surface area contributed by atoms with Crippen LogP contribution in [0.3, 0.4) is 0 Å². The third kappa shape index (κ3) is 4.80. The maximum absolute atomic E-state index is 12.9. The molecule has 124 valence electrons. The predicted octanol–water partition coefficient (Wildman–Crippen LogP) is 2.08. The van der Waals surface area contributed by atoms with E-state index in [0.717, 1.165) is 17.0 Å². The summed E-state index contributed by atoms with van der Waals surface area (Å²) in [6.45, 7) is 0.357. The molecule has 7 heteroatoms. The van der Waals surface area contributed by atoms with Crippen LogP contribution in [0.25, 0.3) is 5.69 Å². The average Bonchev–Trinajstić information content (AvgIpc) is 3.00. The lowest BCUT2D eigenvalue weighted by Gasteiger charge is -2.19. The number of aliphatic hydroxyl groups excluding tert-OH is 1. The van der Waals surface area contributed by atoms with Gasteiger partial charge in [-0.3, -0.25) is 4.79 Å². The van der Waals surface area contributed by atoms with Crippen molar-refractivity contribution in [3.63, 3.8) is 0 Å². The lowest BCUT2D eigenvalue weighted by Crippen LogP contribution is -2.36. The van der Waals surface area contributed by atoms with E-state index in [4.69, 9.17) is 0 Å². The second kappa shape index (κ2) is 8.12. The van der Waals surface area contributed by atoms with Crippen LogP contribution in [0, 0.1) is 5.82 Å². The Bertz CT molecular complexity index is 645. The molecule has 0 fully saturated rings. The van der Waals surface area contributed by atoms with Crippen LogP contribution in [0.4, 0.5) is 4.39 Å². The summed E-state index contributed by atoms with van der Waals surface area (Å²) >= 11 is 1.59. The minimum Gasteiger partial charge on any atom is -0.383 e. The van der Waals surface area contributed by atoms with E-state index in [1.807, 2.05) is 6.26 Å². The SMILES string of the molecule is CSCC[C@@H](O)C(=O)N(C)Cc1cnn(-c2ccc(F)cc2)c1. The first kappa shape index (κ1) is 17.5. The van der Waals surface area contributed by atoms with E-state index in [1.54, 1.807) is 48.0 Å². The first-order chi connectivity index (χ1) is 11.0. The topological polar surface area (TPSA) is 58.4 Å². The first-order valence-electron chi connectivity index (χ1n) is 7.22. The van der Waals surface area contributed by atoms with Crippen LogP contribution in [0.15, 0.2) is 36.7 Å². The zero-order valence-electron chi connectivity index (χ0n) is 13.1. The molecule has 0 aliphatic rings. The van der Waals surface area contributed by atoms with Gasteiger partial charge in [0.05, 0.1) is 11.9 Å². The fourth-order valence-electron chi connectivity index (χ4n) is 2.14. The van der Waals surface area contributed by atoms with Gasteiger partial charge in [-0.15, -0.1) is 0 Å². The van der Waals surface area contributed by atoms with Crippen molar-refractivity contribution in [2.75, 3.05) is 19.1 Å². The number of carbonyl (C=O) groups excluding carboxylic acids is 1. The van der Waals surface area contributed by atoms with Crippen molar-refractivity contribution in [1.82, 2.24) is 14.7 Å². The summed E-state index contributed by atoms with van der Waals surface area (Å²) in [5.41, 5.74) is 1.58. The minimum atomic E-state index is -0.973. The molecule has 0 spiro atoms. The highest BCUT2D eigenvalue weighted by molar-refractivity contribution is 7.98. The summed E-state index contributed by atoms with van der Waals surface area (Å²) in [6.07, 6.45) is 4.84. The smallest absolute Gasteiger partial charge is 0.251 e. The number of nitrogens with zero attached hydrogens (tertiary/aromatic N) is 3. The second-order valence-corrected chi connectivity index (χ2v) is 6.25. The zero-order chi connectivity index (χ0) is 16.8. The summed E-state index contributed by atoms with van der Waals surface area (Å²) in [5, 5.41) is 14.1. The molecule has 0 radical (unpaired) electrons. The second-order valence-electron chi connectivity index (χ2n) is 5.26. The number of amides is 1. The van der Waals surface area contributed by atoms with Crippen molar-refractivity contribution in [3.05, 3.63) is 48.0 Å². The van der Waals surface area contributed by atoms with Crippen LogP contribution in [0.5, 0.6) is 0 Å². The van der Waals surface area contributed by atoms with Gasteiger partial charge in [0.1, 0.15) is 11.9 Å². The largest absolute Gasteiger partial charge is 0.383 e. The highest BCUT2D eigenvalue weighted by Crippen LogP contribution is 2.11. The van der Waals surface area contributed by atoms with Crippen molar-refractivity contribution in [3.8, 4) is 5.69 Å². The third-order valence-electron chi connectivity index (χ3n) is 3.40. The van der Waals surface area contributed by atoms with E-state index < -0.39 is 6.10 Å². The van der Waals surface area contributed by atoms with Gasteiger partial charge in [0, 0.05) is 25.4 Å². The summed E-state index contributed by atoms with van der Waals surface area (Å²) < 4.78 is 14.6.